The number of carbonyl (C=O) groups excluding carboxylic acids is 1. The molecule has 5 nitrogen and oxygen atoms in total. The average molecular weight is 270 g/mol. The lowest BCUT2D eigenvalue weighted by atomic mass is 9.78. The first kappa shape index (κ1) is 14.8. The van der Waals surface area contributed by atoms with E-state index in [1.165, 1.54) is 0 Å². The van der Waals surface area contributed by atoms with E-state index in [2.05, 4.69) is 0 Å². The van der Waals surface area contributed by atoms with E-state index in [0.29, 0.717) is 26.2 Å². The van der Waals surface area contributed by atoms with Gasteiger partial charge in [0.15, 0.2) is 0 Å². The van der Waals surface area contributed by atoms with Gasteiger partial charge in [0.2, 0.25) is 5.91 Å². The molecule has 2 fully saturated rings. The molecule has 0 aromatic carbocycles. The minimum absolute atomic E-state index is 0.146. The monoisotopic (exact) mass is 270 g/mol. The molecule has 0 aliphatic carbocycles. The second-order valence-corrected chi connectivity index (χ2v) is 5.76. The van der Waals surface area contributed by atoms with Crippen molar-refractivity contribution in [3.8, 4) is 0 Å². The van der Waals surface area contributed by atoms with Gasteiger partial charge in [-0.2, -0.15) is 0 Å². The zero-order valence-corrected chi connectivity index (χ0v) is 11.6. The SMILES string of the molecule is NCC1(C(=O)N2CCCCC2CCO)CCOCC1. The lowest BCUT2D eigenvalue weighted by molar-refractivity contribution is -0.151. The van der Waals surface area contributed by atoms with Gasteiger partial charge in [0.05, 0.1) is 5.41 Å². The number of likely N-dealkylation sites (tertiary alicyclic amines) is 1. The zero-order valence-electron chi connectivity index (χ0n) is 11.6. The number of nitrogens with two attached hydrogens (primary N) is 1. The Balaban J connectivity index is 2.10. The summed E-state index contributed by atoms with van der Waals surface area (Å²) in [5.74, 6) is 0.191. The van der Waals surface area contributed by atoms with Crippen LogP contribution in [0.5, 0.6) is 0 Å². The van der Waals surface area contributed by atoms with Crippen molar-refractivity contribution in [2.45, 2.75) is 44.6 Å². The number of rotatable bonds is 4. The van der Waals surface area contributed by atoms with Crippen LogP contribution in [-0.2, 0) is 9.53 Å². The fourth-order valence-electron chi connectivity index (χ4n) is 3.29. The van der Waals surface area contributed by atoms with E-state index in [-0.39, 0.29) is 18.6 Å². The summed E-state index contributed by atoms with van der Waals surface area (Å²) in [7, 11) is 0. The molecular formula is C14H26N2O3. The van der Waals surface area contributed by atoms with E-state index in [1.54, 1.807) is 0 Å². The second kappa shape index (κ2) is 6.68. The maximum atomic E-state index is 12.9. The first-order valence-corrected chi connectivity index (χ1v) is 7.43. The molecule has 0 radical (unpaired) electrons. The molecule has 1 unspecified atom stereocenters. The molecule has 2 aliphatic heterocycles. The van der Waals surface area contributed by atoms with Crippen LogP contribution < -0.4 is 5.73 Å². The topological polar surface area (TPSA) is 75.8 Å². The Morgan fingerprint density at radius 2 is 2.11 bits per heavy atom. The Morgan fingerprint density at radius 3 is 2.74 bits per heavy atom. The van der Waals surface area contributed by atoms with Gasteiger partial charge in [-0.1, -0.05) is 0 Å². The fourth-order valence-corrected chi connectivity index (χ4v) is 3.29. The number of nitrogens with zero attached hydrogens (tertiary/aromatic N) is 1. The van der Waals surface area contributed by atoms with Crippen LogP contribution in [0.25, 0.3) is 0 Å². The summed E-state index contributed by atoms with van der Waals surface area (Å²) in [6.07, 6.45) is 5.35. The zero-order chi connectivity index (χ0) is 13.7. The van der Waals surface area contributed by atoms with E-state index in [1.807, 2.05) is 4.90 Å². The van der Waals surface area contributed by atoms with Crippen LogP contribution in [0.15, 0.2) is 0 Å². The van der Waals surface area contributed by atoms with Gasteiger partial charge in [0.25, 0.3) is 0 Å². The van der Waals surface area contributed by atoms with E-state index >= 15 is 0 Å². The quantitative estimate of drug-likeness (QED) is 0.780. The average Bonchev–Trinajstić information content (AvgIpc) is 2.48. The first-order chi connectivity index (χ1) is 9.23. The van der Waals surface area contributed by atoms with Crippen molar-refractivity contribution in [1.29, 1.82) is 0 Å². The Morgan fingerprint density at radius 1 is 1.37 bits per heavy atom. The lowest BCUT2D eigenvalue weighted by Gasteiger charge is -2.43. The Hall–Kier alpha value is -0.650. The highest BCUT2D eigenvalue weighted by molar-refractivity contribution is 5.83. The normalized spacial score (nSPS) is 27.3. The van der Waals surface area contributed by atoms with Crippen molar-refractivity contribution in [1.82, 2.24) is 4.90 Å². The maximum absolute atomic E-state index is 12.9. The summed E-state index contributed by atoms with van der Waals surface area (Å²) in [4.78, 5) is 14.9. The van der Waals surface area contributed by atoms with E-state index in [9.17, 15) is 4.79 Å². The third-order valence-corrected chi connectivity index (χ3v) is 4.64. The molecule has 5 heteroatoms. The molecule has 1 atom stereocenters. The van der Waals surface area contributed by atoms with Crippen LogP contribution in [0.1, 0.15) is 38.5 Å². The Kier molecular flexibility index (Phi) is 5.19. The van der Waals surface area contributed by atoms with E-state index < -0.39 is 5.41 Å². The third-order valence-electron chi connectivity index (χ3n) is 4.64. The summed E-state index contributed by atoms with van der Waals surface area (Å²) in [6.45, 7) is 2.61. The highest BCUT2D eigenvalue weighted by Crippen LogP contribution is 2.34. The van der Waals surface area contributed by atoms with Crippen LogP contribution in [0, 0.1) is 5.41 Å². The van der Waals surface area contributed by atoms with Crippen LogP contribution in [0.3, 0.4) is 0 Å². The number of carbonyl (C=O) groups is 1. The smallest absolute Gasteiger partial charge is 0.230 e. The molecule has 2 aliphatic rings. The fraction of sp³-hybridized carbons (Fsp3) is 0.929. The first-order valence-electron chi connectivity index (χ1n) is 7.43. The van der Waals surface area contributed by atoms with E-state index in [4.69, 9.17) is 15.6 Å². The molecule has 0 aromatic rings. The summed E-state index contributed by atoms with van der Waals surface area (Å²) in [6, 6.07) is 0.192. The van der Waals surface area contributed by atoms with Crippen LogP contribution >= 0.6 is 0 Å². The number of aliphatic hydroxyl groups excluding tert-OH is 1. The number of hydrogen-bond acceptors (Lipinski definition) is 4. The number of piperidine rings is 1. The molecule has 110 valence electrons. The van der Waals surface area contributed by atoms with Gasteiger partial charge >= 0.3 is 0 Å². The standard InChI is InChI=1S/C14H26N2O3/c15-11-14(5-9-19-10-6-14)13(18)16-7-2-1-3-12(16)4-8-17/h12,17H,1-11,15H2. The lowest BCUT2D eigenvalue weighted by Crippen LogP contribution is -2.55. The molecule has 3 N–H and O–H groups in total. The maximum Gasteiger partial charge on any atom is 0.230 e. The van der Waals surface area contributed by atoms with E-state index in [0.717, 1.165) is 38.6 Å². The Labute approximate surface area is 115 Å². The van der Waals surface area contributed by atoms with Crippen LogP contribution in [0.2, 0.25) is 0 Å². The number of amides is 1. The van der Waals surface area contributed by atoms with Crippen LogP contribution in [-0.4, -0.2) is 54.9 Å². The third kappa shape index (κ3) is 3.09. The largest absolute Gasteiger partial charge is 0.396 e. The predicted octanol–water partition coefficient (Wildman–Crippen LogP) is 0.505. The minimum atomic E-state index is -0.427. The summed E-state index contributed by atoms with van der Waals surface area (Å²) in [5.41, 5.74) is 5.49. The Bertz CT molecular complexity index is 301. The minimum Gasteiger partial charge on any atom is -0.396 e. The van der Waals surface area contributed by atoms with Gasteiger partial charge in [0.1, 0.15) is 0 Å². The van der Waals surface area contributed by atoms with Crippen molar-refractivity contribution in [2.75, 3.05) is 32.9 Å². The molecule has 19 heavy (non-hydrogen) atoms. The molecule has 2 heterocycles. The van der Waals surface area contributed by atoms with Gasteiger partial charge in [0, 0.05) is 39.0 Å². The van der Waals surface area contributed by atoms with Crippen molar-refractivity contribution < 1.29 is 14.6 Å². The molecule has 1 amide bonds. The van der Waals surface area contributed by atoms with Gasteiger partial charge in [-0.25, -0.2) is 0 Å². The molecule has 2 rings (SSSR count). The number of aliphatic hydroxyl groups is 1. The van der Waals surface area contributed by atoms with Crippen molar-refractivity contribution in [2.24, 2.45) is 11.1 Å². The summed E-state index contributed by atoms with van der Waals surface area (Å²) < 4.78 is 5.37. The van der Waals surface area contributed by atoms with Crippen molar-refractivity contribution in [3.63, 3.8) is 0 Å². The molecule has 0 bridgehead atoms. The molecule has 0 spiro atoms. The highest BCUT2D eigenvalue weighted by atomic mass is 16.5. The van der Waals surface area contributed by atoms with Crippen molar-refractivity contribution >= 4 is 5.91 Å². The number of hydrogen-bond donors (Lipinski definition) is 2. The number of ether oxygens (including phenoxy) is 1. The van der Waals surface area contributed by atoms with Gasteiger partial charge < -0.3 is 20.5 Å². The van der Waals surface area contributed by atoms with Crippen molar-refractivity contribution in [3.05, 3.63) is 0 Å². The highest BCUT2D eigenvalue weighted by Gasteiger charge is 2.43. The summed E-state index contributed by atoms with van der Waals surface area (Å²) in [5, 5.41) is 9.17. The summed E-state index contributed by atoms with van der Waals surface area (Å²) >= 11 is 0. The second-order valence-electron chi connectivity index (χ2n) is 5.76. The molecule has 0 aromatic heterocycles. The molecule has 0 saturated carbocycles. The van der Waals surface area contributed by atoms with Gasteiger partial charge in [-0.3, -0.25) is 4.79 Å². The van der Waals surface area contributed by atoms with Gasteiger partial charge in [-0.15, -0.1) is 0 Å². The molecule has 2 saturated heterocycles. The van der Waals surface area contributed by atoms with Gasteiger partial charge in [-0.05, 0) is 38.5 Å². The van der Waals surface area contributed by atoms with Crippen LogP contribution in [0.4, 0.5) is 0 Å². The molecular weight excluding hydrogens is 244 g/mol. The predicted molar refractivity (Wildman–Crippen MR) is 72.6 cm³/mol.